The fourth-order valence-electron chi connectivity index (χ4n) is 2.34. The molecule has 0 spiro atoms. The molecule has 90 valence electrons. The van der Waals surface area contributed by atoms with Gasteiger partial charge in [-0.3, -0.25) is 4.79 Å². The average Bonchev–Trinajstić information content (AvgIpc) is 2.39. The number of nitrogens with zero attached hydrogens (tertiary/aromatic N) is 1. The van der Waals surface area contributed by atoms with Crippen LogP contribution in [-0.2, 0) is 10.2 Å². The predicted octanol–water partition coefficient (Wildman–Crippen LogP) is 2.25. The molecule has 1 aromatic rings. The zero-order valence-corrected chi connectivity index (χ0v) is 10.0. The number of nitroso groups, excluding NO2 is 1. The fraction of sp³-hybridized carbons (Fsp3) is 0.417. The van der Waals surface area contributed by atoms with E-state index in [0.29, 0.717) is 31.0 Å². The molecule has 0 bridgehead atoms. The molecule has 0 saturated carbocycles. The Morgan fingerprint density at radius 2 is 1.82 bits per heavy atom. The smallest absolute Gasteiger partial charge is 0.296 e. The van der Waals surface area contributed by atoms with Crippen LogP contribution in [0.2, 0.25) is 5.02 Å². The van der Waals surface area contributed by atoms with Crippen molar-refractivity contribution >= 4 is 17.5 Å². The van der Waals surface area contributed by atoms with Crippen molar-refractivity contribution < 1.29 is 4.79 Å². The Hall–Kier alpha value is -1.26. The average molecular weight is 253 g/mol. The van der Waals surface area contributed by atoms with Crippen molar-refractivity contribution in [2.45, 2.75) is 18.3 Å². The summed E-state index contributed by atoms with van der Waals surface area (Å²) in [4.78, 5) is 22.4. The Labute approximate surface area is 104 Å². The molecule has 0 atom stereocenters. The van der Waals surface area contributed by atoms with E-state index >= 15 is 0 Å². The summed E-state index contributed by atoms with van der Waals surface area (Å²) in [6.07, 6.45) is 1.19. The van der Waals surface area contributed by atoms with E-state index in [1.807, 2.05) is 0 Å². The monoisotopic (exact) mass is 252 g/mol. The molecule has 0 aliphatic carbocycles. The Morgan fingerprint density at radius 3 is 2.35 bits per heavy atom. The van der Waals surface area contributed by atoms with Crippen molar-refractivity contribution in [3.05, 3.63) is 39.8 Å². The van der Waals surface area contributed by atoms with E-state index in [1.54, 1.807) is 24.3 Å². The molecular weight excluding hydrogens is 240 g/mol. The number of carbonyl (C=O) groups excluding carboxylic acids is 1. The summed E-state index contributed by atoms with van der Waals surface area (Å²) in [6, 6.07) is 7.07. The molecule has 1 aliphatic heterocycles. The molecule has 2 rings (SSSR count). The first-order chi connectivity index (χ1) is 8.19. The molecule has 4 nitrogen and oxygen atoms in total. The van der Waals surface area contributed by atoms with Gasteiger partial charge in [0.15, 0.2) is 0 Å². The quantitative estimate of drug-likeness (QED) is 0.822. The standard InChI is InChI=1S/C12H13ClN2O2/c13-10-3-1-9(2-4-10)12(11(16)15-17)5-7-14-8-6-12/h1-4,14H,5-8H2. The summed E-state index contributed by atoms with van der Waals surface area (Å²) >= 11 is 5.83. The van der Waals surface area contributed by atoms with Crippen LogP contribution in [0.3, 0.4) is 0 Å². The number of nitrogens with one attached hydrogen (secondary N) is 1. The van der Waals surface area contributed by atoms with Gasteiger partial charge in [0.2, 0.25) is 0 Å². The number of piperidine rings is 1. The lowest BCUT2D eigenvalue weighted by Crippen LogP contribution is -2.44. The van der Waals surface area contributed by atoms with E-state index in [-0.39, 0.29) is 0 Å². The minimum atomic E-state index is -0.766. The van der Waals surface area contributed by atoms with Crippen molar-refractivity contribution in [1.29, 1.82) is 0 Å². The molecule has 17 heavy (non-hydrogen) atoms. The van der Waals surface area contributed by atoms with E-state index < -0.39 is 11.3 Å². The lowest BCUT2D eigenvalue weighted by atomic mass is 9.72. The summed E-state index contributed by atoms with van der Waals surface area (Å²) in [5, 5.41) is 6.43. The van der Waals surface area contributed by atoms with Crippen molar-refractivity contribution in [3.63, 3.8) is 0 Å². The van der Waals surface area contributed by atoms with Gasteiger partial charge in [-0.05, 0) is 43.6 Å². The maximum absolute atomic E-state index is 11.8. The summed E-state index contributed by atoms with van der Waals surface area (Å²) < 4.78 is 0. The number of halogens is 1. The van der Waals surface area contributed by atoms with Crippen LogP contribution < -0.4 is 5.32 Å². The molecule has 1 N–H and O–H groups in total. The van der Waals surface area contributed by atoms with Gasteiger partial charge in [0, 0.05) is 10.2 Å². The molecule has 1 aliphatic rings. The fourth-order valence-corrected chi connectivity index (χ4v) is 2.46. The molecule has 1 heterocycles. The van der Waals surface area contributed by atoms with Crippen LogP contribution in [0, 0.1) is 4.91 Å². The minimum Gasteiger partial charge on any atom is -0.317 e. The molecule has 5 heteroatoms. The van der Waals surface area contributed by atoms with Crippen molar-refractivity contribution in [3.8, 4) is 0 Å². The van der Waals surface area contributed by atoms with Crippen LogP contribution in [0.25, 0.3) is 0 Å². The third kappa shape index (κ3) is 2.23. The first-order valence-corrected chi connectivity index (χ1v) is 5.91. The van der Waals surface area contributed by atoms with Gasteiger partial charge in [0.1, 0.15) is 0 Å². The van der Waals surface area contributed by atoms with Gasteiger partial charge in [-0.1, -0.05) is 23.7 Å². The van der Waals surface area contributed by atoms with Crippen molar-refractivity contribution in [2.75, 3.05) is 13.1 Å². The Balaban J connectivity index is 2.42. The number of rotatable bonds is 2. The van der Waals surface area contributed by atoms with E-state index in [9.17, 15) is 9.70 Å². The molecule has 0 aromatic heterocycles. The van der Waals surface area contributed by atoms with Gasteiger partial charge in [0.25, 0.3) is 5.91 Å². The first-order valence-electron chi connectivity index (χ1n) is 5.53. The van der Waals surface area contributed by atoms with Gasteiger partial charge in [-0.2, -0.15) is 0 Å². The van der Waals surface area contributed by atoms with Crippen LogP contribution in [0.1, 0.15) is 18.4 Å². The lowest BCUT2D eigenvalue weighted by Gasteiger charge is -2.34. The Morgan fingerprint density at radius 1 is 1.24 bits per heavy atom. The van der Waals surface area contributed by atoms with Gasteiger partial charge in [0.05, 0.1) is 5.41 Å². The number of amides is 1. The number of hydrogen-bond donors (Lipinski definition) is 1. The third-order valence-electron chi connectivity index (χ3n) is 3.35. The van der Waals surface area contributed by atoms with Gasteiger partial charge in [-0.15, -0.1) is 4.91 Å². The van der Waals surface area contributed by atoms with Gasteiger partial charge < -0.3 is 5.32 Å². The first kappa shape index (κ1) is 12.2. The summed E-state index contributed by atoms with van der Waals surface area (Å²) in [6.45, 7) is 1.42. The zero-order valence-electron chi connectivity index (χ0n) is 9.28. The van der Waals surface area contributed by atoms with Crippen molar-refractivity contribution in [2.24, 2.45) is 5.18 Å². The molecule has 1 saturated heterocycles. The number of carbonyl (C=O) groups is 1. The maximum atomic E-state index is 11.8. The van der Waals surface area contributed by atoms with Gasteiger partial charge in [-0.25, -0.2) is 0 Å². The molecule has 0 radical (unpaired) electrons. The Kier molecular flexibility index (Phi) is 3.54. The van der Waals surface area contributed by atoms with E-state index in [4.69, 9.17) is 11.6 Å². The van der Waals surface area contributed by atoms with Gasteiger partial charge >= 0.3 is 0 Å². The second kappa shape index (κ2) is 4.94. The van der Waals surface area contributed by atoms with Crippen LogP contribution >= 0.6 is 11.6 Å². The highest BCUT2D eigenvalue weighted by Crippen LogP contribution is 2.35. The van der Waals surface area contributed by atoms with Crippen molar-refractivity contribution in [1.82, 2.24) is 5.32 Å². The van der Waals surface area contributed by atoms with E-state index in [1.165, 1.54) is 0 Å². The number of hydrogen-bond acceptors (Lipinski definition) is 3. The summed E-state index contributed by atoms with van der Waals surface area (Å²) in [5.74, 6) is -0.582. The molecule has 0 unspecified atom stereocenters. The highest BCUT2D eigenvalue weighted by molar-refractivity contribution is 6.30. The second-order valence-electron chi connectivity index (χ2n) is 4.24. The minimum absolute atomic E-state index is 0.582. The van der Waals surface area contributed by atoms with Crippen LogP contribution in [0.5, 0.6) is 0 Å². The Bertz CT molecular complexity index is 425. The lowest BCUT2D eigenvalue weighted by molar-refractivity contribution is -0.124. The SMILES string of the molecule is O=NC(=O)C1(c2ccc(Cl)cc2)CCNCC1. The molecule has 1 fully saturated rings. The van der Waals surface area contributed by atoms with Crippen LogP contribution in [0.4, 0.5) is 0 Å². The predicted molar refractivity (Wildman–Crippen MR) is 66.0 cm³/mol. The molecule has 1 amide bonds. The largest absolute Gasteiger partial charge is 0.317 e. The normalized spacial score (nSPS) is 18.6. The highest BCUT2D eigenvalue weighted by Gasteiger charge is 2.42. The highest BCUT2D eigenvalue weighted by atomic mass is 35.5. The second-order valence-corrected chi connectivity index (χ2v) is 4.67. The molecule has 1 aromatic carbocycles. The topological polar surface area (TPSA) is 58.5 Å². The van der Waals surface area contributed by atoms with Crippen LogP contribution in [-0.4, -0.2) is 19.0 Å². The molecular formula is C12H13ClN2O2. The summed E-state index contributed by atoms with van der Waals surface area (Å²) in [5.41, 5.74) is 0.0606. The van der Waals surface area contributed by atoms with Crippen LogP contribution in [0.15, 0.2) is 29.4 Å². The maximum Gasteiger partial charge on any atom is 0.296 e. The van der Waals surface area contributed by atoms with E-state index in [0.717, 1.165) is 5.56 Å². The van der Waals surface area contributed by atoms with E-state index in [2.05, 4.69) is 10.5 Å². The summed E-state index contributed by atoms with van der Waals surface area (Å²) in [7, 11) is 0. The third-order valence-corrected chi connectivity index (χ3v) is 3.60. The number of benzene rings is 1. The zero-order chi connectivity index (χ0) is 12.3.